The Kier molecular flexibility index (Phi) is 8.23. The molecule has 1 aliphatic rings. The molecule has 0 aliphatic carbocycles. The highest BCUT2D eigenvalue weighted by Gasteiger charge is 2.34. The van der Waals surface area contributed by atoms with Crippen molar-refractivity contribution in [1.82, 2.24) is 9.80 Å². The zero-order valence-corrected chi connectivity index (χ0v) is 21.1. The lowest BCUT2D eigenvalue weighted by molar-refractivity contribution is -0.146. The van der Waals surface area contributed by atoms with Gasteiger partial charge in [-0.15, -0.1) is 11.3 Å². The van der Waals surface area contributed by atoms with Crippen LogP contribution in [0, 0.1) is 12.8 Å². The van der Waals surface area contributed by atoms with Crippen LogP contribution < -0.4 is 4.74 Å². The SMILES string of the molecule is CC[C@@H](C)N(CC(=O)N1CCc2sccc2[C@H]1COc1ccc(Cl)c(C)c1)C(=O)C(C)C. The molecule has 1 aromatic carbocycles. The summed E-state index contributed by atoms with van der Waals surface area (Å²) in [5, 5.41) is 2.78. The molecule has 0 fully saturated rings. The minimum absolute atomic E-state index is 0.0158. The maximum absolute atomic E-state index is 13.5. The Morgan fingerprint density at radius 3 is 2.69 bits per heavy atom. The number of nitrogens with zero attached hydrogens (tertiary/aromatic N) is 2. The first-order valence-electron chi connectivity index (χ1n) is 11.3. The first-order valence-corrected chi connectivity index (χ1v) is 12.5. The molecular weight excluding hydrogens is 444 g/mol. The van der Waals surface area contributed by atoms with E-state index in [0.717, 1.165) is 29.7 Å². The normalized spacial score (nSPS) is 16.6. The van der Waals surface area contributed by atoms with E-state index >= 15 is 0 Å². The van der Waals surface area contributed by atoms with E-state index in [4.69, 9.17) is 16.3 Å². The van der Waals surface area contributed by atoms with Crippen molar-refractivity contribution >= 4 is 34.8 Å². The van der Waals surface area contributed by atoms with E-state index in [0.29, 0.717) is 18.2 Å². The van der Waals surface area contributed by atoms with E-state index < -0.39 is 0 Å². The van der Waals surface area contributed by atoms with E-state index in [1.165, 1.54) is 4.88 Å². The Labute approximate surface area is 200 Å². The van der Waals surface area contributed by atoms with Gasteiger partial charge in [-0.25, -0.2) is 0 Å². The number of fused-ring (bicyclic) bond motifs is 1. The fraction of sp³-hybridized carbons (Fsp3) is 0.520. The smallest absolute Gasteiger partial charge is 0.242 e. The van der Waals surface area contributed by atoms with Crippen LogP contribution in [0.2, 0.25) is 5.02 Å². The van der Waals surface area contributed by atoms with Gasteiger partial charge >= 0.3 is 0 Å². The summed E-state index contributed by atoms with van der Waals surface area (Å²) in [6.45, 7) is 10.8. The zero-order valence-electron chi connectivity index (χ0n) is 19.6. The summed E-state index contributed by atoms with van der Waals surface area (Å²) in [7, 11) is 0. The third kappa shape index (κ3) is 5.46. The van der Waals surface area contributed by atoms with Crippen LogP contribution in [0.25, 0.3) is 0 Å². The number of amides is 2. The van der Waals surface area contributed by atoms with Crippen molar-refractivity contribution in [1.29, 1.82) is 0 Å². The van der Waals surface area contributed by atoms with E-state index in [1.807, 2.05) is 57.7 Å². The van der Waals surface area contributed by atoms with Gasteiger partial charge in [0.15, 0.2) is 0 Å². The highest BCUT2D eigenvalue weighted by atomic mass is 35.5. The van der Waals surface area contributed by atoms with Crippen LogP contribution in [0.3, 0.4) is 0 Å². The molecule has 0 saturated carbocycles. The second kappa shape index (κ2) is 10.7. The van der Waals surface area contributed by atoms with Crippen LogP contribution in [-0.4, -0.2) is 47.4 Å². The van der Waals surface area contributed by atoms with Crippen molar-refractivity contribution < 1.29 is 14.3 Å². The highest BCUT2D eigenvalue weighted by Crippen LogP contribution is 2.34. The molecule has 1 aliphatic heterocycles. The summed E-state index contributed by atoms with van der Waals surface area (Å²) in [4.78, 5) is 31.2. The van der Waals surface area contributed by atoms with Crippen LogP contribution in [0.1, 0.15) is 56.2 Å². The Morgan fingerprint density at radius 1 is 1.28 bits per heavy atom. The molecule has 174 valence electrons. The number of carbonyl (C=O) groups is 2. The van der Waals surface area contributed by atoms with Gasteiger partial charge in [0.05, 0.1) is 6.04 Å². The van der Waals surface area contributed by atoms with Gasteiger partial charge in [0, 0.05) is 28.4 Å². The van der Waals surface area contributed by atoms with Crippen LogP contribution in [-0.2, 0) is 16.0 Å². The van der Waals surface area contributed by atoms with Crippen LogP contribution >= 0.6 is 22.9 Å². The minimum Gasteiger partial charge on any atom is -0.491 e. The third-order valence-electron chi connectivity index (χ3n) is 6.16. The molecule has 0 saturated heterocycles. The molecule has 3 rings (SSSR count). The summed E-state index contributed by atoms with van der Waals surface area (Å²) in [6.07, 6.45) is 1.64. The van der Waals surface area contributed by atoms with E-state index in [-0.39, 0.29) is 36.4 Å². The number of hydrogen-bond donors (Lipinski definition) is 0. The lowest BCUT2D eigenvalue weighted by Gasteiger charge is -2.38. The quantitative estimate of drug-likeness (QED) is 0.505. The molecule has 7 heteroatoms. The molecule has 32 heavy (non-hydrogen) atoms. The van der Waals surface area contributed by atoms with Gasteiger partial charge in [-0.05, 0) is 67.5 Å². The van der Waals surface area contributed by atoms with Gasteiger partial charge in [0.25, 0.3) is 0 Å². The second-order valence-corrected chi connectivity index (χ2v) is 10.2. The maximum Gasteiger partial charge on any atom is 0.242 e. The molecule has 2 amide bonds. The minimum atomic E-state index is -0.179. The first kappa shape index (κ1) is 24.6. The largest absolute Gasteiger partial charge is 0.491 e. The topological polar surface area (TPSA) is 49.9 Å². The molecule has 1 aromatic heterocycles. The maximum atomic E-state index is 13.5. The number of benzene rings is 1. The summed E-state index contributed by atoms with van der Waals surface area (Å²) in [6, 6.07) is 7.52. The molecule has 5 nitrogen and oxygen atoms in total. The Balaban J connectivity index is 1.80. The molecule has 0 spiro atoms. The van der Waals surface area contributed by atoms with Crippen molar-refractivity contribution in [2.75, 3.05) is 19.7 Å². The Hall–Kier alpha value is -2.05. The number of carbonyl (C=O) groups excluding carboxylic acids is 2. The van der Waals surface area contributed by atoms with Crippen LogP contribution in [0.15, 0.2) is 29.6 Å². The summed E-state index contributed by atoms with van der Waals surface area (Å²) in [5.74, 6) is 0.578. The predicted molar refractivity (Wildman–Crippen MR) is 130 cm³/mol. The van der Waals surface area contributed by atoms with Crippen molar-refractivity contribution in [3.63, 3.8) is 0 Å². The summed E-state index contributed by atoms with van der Waals surface area (Å²) >= 11 is 7.87. The molecule has 2 aromatic rings. The van der Waals surface area contributed by atoms with Crippen molar-refractivity contribution in [3.8, 4) is 5.75 Å². The number of hydrogen-bond acceptors (Lipinski definition) is 4. The van der Waals surface area contributed by atoms with Crippen molar-refractivity contribution in [2.45, 2.75) is 59.5 Å². The second-order valence-electron chi connectivity index (χ2n) is 8.75. The molecule has 0 N–H and O–H groups in total. The lowest BCUT2D eigenvalue weighted by Crippen LogP contribution is -2.50. The van der Waals surface area contributed by atoms with Crippen molar-refractivity contribution in [3.05, 3.63) is 50.7 Å². The Morgan fingerprint density at radius 2 is 2.03 bits per heavy atom. The van der Waals surface area contributed by atoms with Gasteiger partial charge in [-0.3, -0.25) is 9.59 Å². The third-order valence-corrected chi connectivity index (χ3v) is 7.58. The van der Waals surface area contributed by atoms with Crippen molar-refractivity contribution in [2.24, 2.45) is 5.92 Å². The number of rotatable bonds is 8. The van der Waals surface area contributed by atoms with Gasteiger partial charge in [-0.2, -0.15) is 0 Å². The number of aryl methyl sites for hydroxylation is 1. The molecule has 0 radical (unpaired) electrons. The average Bonchev–Trinajstić information content (AvgIpc) is 3.25. The molecule has 2 heterocycles. The van der Waals surface area contributed by atoms with E-state index in [1.54, 1.807) is 16.2 Å². The zero-order chi connectivity index (χ0) is 23.4. The molecular formula is C25H33ClN2O3S. The van der Waals surface area contributed by atoms with Gasteiger partial charge in [0.1, 0.15) is 18.9 Å². The fourth-order valence-electron chi connectivity index (χ4n) is 4.00. The van der Waals surface area contributed by atoms with Gasteiger partial charge in [-0.1, -0.05) is 32.4 Å². The number of halogens is 1. The van der Waals surface area contributed by atoms with Crippen LogP contribution in [0.5, 0.6) is 5.75 Å². The molecule has 2 atom stereocenters. The fourth-order valence-corrected chi connectivity index (χ4v) is 5.04. The molecule has 0 bridgehead atoms. The standard InChI is InChI=1S/C25H33ClN2O3S/c1-6-18(5)28(25(30)16(2)3)14-24(29)27-11-9-23-20(10-12-32-23)22(27)15-31-19-7-8-21(26)17(4)13-19/h7-8,10,12-13,16,18,22H,6,9,11,14-15H2,1-5H3/t18-,22-/m1/s1. The van der Waals surface area contributed by atoms with E-state index in [9.17, 15) is 9.59 Å². The highest BCUT2D eigenvalue weighted by molar-refractivity contribution is 7.10. The van der Waals surface area contributed by atoms with E-state index in [2.05, 4.69) is 11.4 Å². The average molecular weight is 477 g/mol. The summed E-state index contributed by atoms with van der Waals surface area (Å²) in [5.41, 5.74) is 2.10. The number of thiophene rings is 1. The lowest BCUT2D eigenvalue weighted by atomic mass is 10.00. The predicted octanol–water partition coefficient (Wildman–Crippen LogP) is 5.50. The van der Waals surface area contributed by atoms with Gasteiger partial charge in [0.2, 0.25) is 11.8 Å². The first-order chi connectivity index (χ1) is 15.2. The monoisotopic (exact) mass is 476 g/mol. The molecule has 0 unspecified atom stereocenters. The Bertz CT molecular complexity index is 958. The van der Waals surface area contributed by atoms with Gasteiger partial charge < -0.3 is 14.5 Å². The number of ether oxygens (including phenoxy) is 1. The van der Waals surface area contributed by atoms with Crippen LogP contribution in [0.4, 0.5) is 0 Å². The summed E-state index contributed by atoms with van der Waals surface area (Å²) < 4.78 is 6.12.